The topological polar surface area (TPSA) is 57.7 Å². The van der Waals surface area contributed by atoms with E-state index in [0.717, 1.165) is 43.8 Å². The highest BCUT2D eigenvalue weighted by Crippen LogP contribution is 2.70. The monoisotopic (exact) mass is 560 g/mol. The Kier molecular flexibility index (Phi) is 5.06. The van der Waals surface area contributed by atoms with Crippen molar-refractivity contribution >= 4 is 10.9 Å². The van der Waals surface area contributed by atoms with Crippen LogP contribution in [0.5, 0.6) is 11.5 Å². The van der Waals surface area contributed by atoms with E-state index in [1.165, 1.54) is 51.7 Å². The van der Waals surface area contributed by atoms with E-state index in [1.54, 1.807) is 0 Å². The number of H-pyrrole nitrogens is 1. The molecular formula is C37H40N2O3. The van der Waals surface area contributed by atoms with Crippen LogP contribution < -0.4 is 4.74 Å². The van der Waals surface area contributed by atoms with Crippen LogP contribution in [0.3, 0.4) is 0 Å². The Morgan fingerprint density at radius 1 is 1.05 bits per heavy atom. The largest absolute Gasteiger partial charge is 0.504 e. The lowest BCUT2D eigenvalue weighted by atomic mass is 9.48. The highest BCUT2D eigenvalue weighted by molar-refractivity contribution is 5.86. The van der Waals surface area contributed by atoms with Gasteiger partial charge in [0.05, 0.1) is 17.7 Å². The number of aromatic nitrogens is 1. The Morgan fingerprint density at radius 3 is 2.64 bits per heavy atom. The number of ether oxygens (including phenoxy) is 2. The van der Waals surface area contributed by atoms with Gasteiger partial charge in [-0.3, -0.25) is 4.90 Å². The number of phenolic OH excluding ortho intramolecular Hbond substituents is 1. The van der Waals surface area contributed by atoms with Crippen molar-refractivity contribution in [2.75, 3.05) is 13.1 Å². The van der Waals surface area contributed by atoms with Gasteiger partial charge in [-0.2, -0.15) is 0 Å². The van der Waals surface area contributed by atoms with Crippen molar-refractivity contribution < 1.29 is 14.6 Å². The van der Waals surface area contributed by atoms with Crippen LogP contribution in [0.15, 0.2) is 60.7 Å². The molecule has 1 aromatic heterocycles. The molecule has 216 valence electrons. The van der Waals surface area contributed by atoms with Gasteiger partial charge in [0, 0.05) is 35.5 Å². The van der Waals surface area contributed by atoms with E-state index in [2.05, 4.69) is 85.3 Å². The van der Waals surface area contributed by atoms with Gasteiger partial charge in [0.25, 0.3) is 0 Å². The van der Waals surface area contributed by atoms with Gasteiger partial charge in [0.15, 0.2) is 17.6 Å². The number of hydrogen-bond acceptors (Lipinski definition) is 4. The summed E-state index contributed by atoms with van der Waals surface area (Å²) in [5.74, 6) is 1.74. The first-order valence-electron chi connectivity index (χ1n) is 15.9. The minimum atomic E-state index is -0.475. The zero-order chi connectivity index (χ0) is 28.4. The molecule has 4 atom stereocenters. The van der Waals surface area contributed by atoms with Crippen LogP contribution in [0, 0.1) is 5.92 Å². The predicted octanol–water partition coefficient (Wildman–Crippen LogP) is 7.09. The number of likely N-dealkylation sites (tertiary alicyclic amines) is 1. The Labute approximate surface area is 247 Å². The molecule has 2 aliphatic heterocycles. The van der Waals surface area contributed by atoms with E-state index in [0.29, 0.717) is 12.4 Å². The fourth-order valence-corrected chi connectivity index (χ4v) is 9.13. The number of benzene rings is 3. The normalized spacial score (nSPS) is 29.3. The molecule has 42 heavy (non-hydrogen) atoms. The van der Waals surface area contributed by atoms with Gasteiger partial charge < -0.3 is 19.6 Å². The third kappa shape index (κ3) is 3.27. The second-order valence-electron chi connectivity index (χ2n) is 14.7. The lowest BCUT2D eigenvalue weighted by Crippen LogP contribution is -2.75. The van der Waals surface area contributed by atoms with E-state index in [9.17, 15) is 5.11 Å². The third-order valence-electron chi connectivity index (χ3n) is 11.3. The van der Waals surface area contributed by atoms with Gasteiger partial charge in [0.2, 0.25) is 0 Å². The molecule has 5 nitrogen and oxygen atoms in total. The van der Waals surface area contributed by atoms with Crippen LogP contribution in [-0.4, -0.2) is 39.7 Å². The number of fused-ring (bicyclic) bond motifs is 4. The molecule has 0 amide bonds. The van der Waals surface area contributed by atoms with Crippen LogP contribution in [0.4, 0.5) is 0 Å². The van der Waals surface area contributed by atoms with Crippen molar-refractivity contribution in [1.29, 1.82) is 0 Å². The molecule has 3 aliphatic carbocycles. The maximum absolute atomic E-state index is 11.2. The fraction of sp³-hybridized carbons (Fsp3) is 0.459. The molecule has 1 saturated heterocycles. The van der Waals surface area contributed by atoms with Crippen LogP contribution in [0.2, 0.25) is 0 Å². The van der Waals surface area contributed by atoms with Crippen molar-refractivity contribution in [3.63, 3.8) is 0 Å². The second-order valence-corrected chi connectivity index (χ2v) is 14.7. The van der Waals surface area contributed by atoms with Gasteiger partial charge in [0.1, 0.15) is 5.60 Å². The molecule has 3 heterocycles. The first-order valence-corrected chi connectivity index (χ1v) is 15.9. The van der Waals surface area contributed by atoms with Crippen molar-refractivity contribution in [1.82, 2.24) is 9.88 Å². The first kappa shape index (κ1) is 25.2. The number of hydrogen-bond donors (Lipinski definition) is 2. The minimum Gasteiger partial charge on any atom is -0.504 e. The van der Waals surface area contributed by atoms with Crippen LogP contribution in [0.1, 0.15) is 79.6 Å². The van der Waals surface area contributed by atoms with E-state index in [-0.39, 0.29) is 28.7 Å². The zero-order valence-corrected chi connectivity index (χ0v) is 24.9. The van der Waals surface area contributed by atoms with Gasteiger partial charge in [-0.05, 0) is 77.9 Å². The molecule has 5 aliphatic rings. The molecule has 4 aromatic rings. The summed E-state index contributed by atoms with van der Waals surface area (Å²) in [6.45, 7) is 9.54. The maximum Gasteiger partial charge on any atom is 0.166 e. The number of nitrogens with one attached hydrogen (secondary N) is 1. The van der Waals surface area contributed by atoms with Gasteiger partial charge >= 0.3 is 0 Å². The highest BCUT2D eigenvalue weighted by Gasteiger charge is 2.74. The predicted molar refractivity (Wildman–Crippen MR) is 164 cm³/mol. The number of nitrogens with zero attached hydrogens (tertiary/aromatic N) is 1. The highest BCUT2D eigenvalue weighted by atomic mass is 16.5. The summed E-state index contributed by atoms with van der Waals surface area (Å²) in [6.07, 6.45) is 5.19. The number of piperidine rings is 1. The van der Waals surface area contributed by atoms with Gasteiger partial charge in [-0.1, -0.05) is 69.3 Å². The summed E-state index contributed by atoms with van der Waals surface area (Å²) in [5, 5.41) is 12.4. The van der Waals surface area contributed by atoms with Crippen molar-refractivity contribution in [3.8, 4) is 11.5 Å². The molecule has 1 saturated carbocycles. The number of aromatic amines is 1. The Hall–Kier alpha value is -3.28. The van der Waals surface area contributed by atoms with Gasteiger partial charge in [-0.25, -0.2) is 0 Å². The van der Waals surface area contributed by atoms with E-state index < -0.39 is 5.60 Å². The first-order chi connectivity index (χ1) is 20.3. The van der Waals surface area contributed by atoms with Crippen molar-refractivity contribution in [2.45, 2.75) is 88.1 Å². The molecule has 2 bridgehead atoms. The fourth-order valence-electron chi connectivity index (χ4n) is 9.13. The number of aromatic hydroxyl groups is 1. The van der Waals surface area contributed by atoms with Crippen LogP contribution in [-0.2, 0) is 35.0 Å². The average molecular weight is 561 g/mol. The minimum absolute atomic E-state index is 0.117. The standard InChI is InChI=1S/C37H40N2O3/c1-35(2,3)25-13-10-23(11-14-25)21-41-37-19-27-26-6-4-5-7-28(26)38-32(27)34-36(37)16-17-39(20-22-8-9-22)30(37)18-24-12-15-29(40)33(42-34)31(24)36/h4-7,10-15,22,30,34,38,40H,8-9,16-21H2,1-3H3/t30-,34+,36+,37-/m1/s1. The summed E-state index contributed by atoms with van der Waals surface area (Å²) in [6, 6.07) is 22.0. The van der Waals surface area contributed by atoms with E-state index in [4.69, 9.17) is 9.47 Å². The van der Waals surface area contributed by atoms with Gasteiger partial charge in [-0.15, -0.1) is 0 Å². The number of phenols is 1. The Morgan fingerprint density at radius 2 is 1.86 bits per heavy atom. The maximum atomic E-state index is 11.2. The lowest BCUT2D eigenvalue weighted by Gasteiger charge is -2.64. The molecule has 1 spiro atoms. The molecule has 0 unspecified atom stereocenters. The lowest BCUT2D eigenvalue weighted by molar-refractivity contribution is -0.210. The summed E-state index contributed by atoms with van der Waals surface area (Å²) in [7, 11) is 0. The summed E-state index contributed by atoms with van der Waals surface area (Å²) >= 11 is 0. The molecule has 9 rings (SSSR count). The Bertz CT molecular complexity index is 1730. The number of rotatable bonds is 5. The molecule has 0 radical (unpaired) electrons. The third-order valence-corrected chi connectivity index (χ3v) is 11.3. The molecule has 2 fully saturated rings. The SMILES string of the molecule is CC(C)(C)c1ccc(CO[C@@]23Cc4c([nH]c5ccccc45)[C@@H]4Oc5c(O)ccc6c5[C@@]42CCN(CC2CC2)[C@@H]3C6)cc1. The molecule has 3 aromatic carbocycles. The second kappa shape index (κ2) is 8.42. The summed E-state index contributed by atoms with van der Waals surface area (Å²) < 4.78 is 14.5. The summed E-state index contributed by atoms with van der Waals surface area (Å²) in [4.78, 5) is 6.57. The number of para-hydroxylation sites is 1. The quantitative estimate of drug-likeness (QED) is 0.274. The molecule has 5 heteroatoms. The summed E-state index contributed by atoms with van der Waals surface area (Å²) in [5.41, 5.74) is 8.01. The van der Waals surface area contributed by atoms with Crippen molar-refractivity contribution in [2.24, 2.45) is 5.92 Å². The average Bonchev–Trinajstić information content (AvgIpc) is 3.62. The van der Waals surface area contributed by atoms with Crippen LogP contribution in [0.25, 0.3) is 10.9 Å². The smallest absolute Gasteiger partial charge is 0.166 e. The van der Waals surface area contributed by atoms with Crippen molar-refractivity contribution in [3.05, 3.63) is 94.2 Å². The van der Waals surface area contributed by atoms with Crippen LogP contribution >= 0.6 is 0 Å². The molecular weight excluding hydrogens is 520 g/mol. The van der Waals surface area contributed by atoms with E-state index in [1.807, 2.05) is 6.07 Å². The molecule has 2 N–H and O–H groups in total. The Balaban J connectivity index is 1.24. The zero-order valence-electron chi connectivity index (χ0n) is 24.9. The van der Waals surface area contributed by atoms with E-state index >= 15 is 0 Å².